The topological polar surface area (TPSA) is 112 Å². The average molecular weight is 557 g/mol. The summed E-state index contributed by atoms with van der Waals surface area (Å²) >= 11 is 0. The maximum atomic E-state index is 14.1. The number of rotatable bonds is 9. The summed E-state index contributed by atoms with van der Waals surface area (Å²) in [6.07, 6.45) is -0.441. The van der Waals surface area contributed by atoms with E-state index in [0.29, 0.717) is 17.7 Å². The van der Waals surface area contributed by atoms with Gasteiger partial charge in [-0.25, -0.2) is 4.79 Å². The number of ether oxygens (including phenoxy) is 1. The Bertz CT molecular complexity index is 1430. The molecule has 0 aliphatic heterocycles. The van der Waals surface area contributed by atoms with E-state index in [0.717, 1.165) is 21.9 Å². The fourth-order valence-corrected chi connectivity index (χ4v) is 4.83. The Balaban J connectivity index is 2.04. The molecule has 0 spiro atoms. The standard InChI is InChI=1S/C33H40N4O4/c1-21(2)16-28(36-32(40)41-33(5,6)7)31(39)37(15-14-34)29(26-18-22(3)17-23(4)19-26)30(38)35-27-13-12-24-10-8-9-11-25(24)20-27/h8-13,17-21,28-29H,15-16H2,1-7H3,(H,35,38)(H,36,40). The third-order valence-corrected chi connectivity index (χ3v) is 6.36. The van der Waals surface area contributed by atoms with E-state index in [-0.39, 0.29) is 12.5 Å². The Morgan fingerprint density at radius 2 is 1.59 bits per heavy atom. The molecule has 0 aromatic heterocycles. The molecular weight excluding hydrogens is 516 g/mol. The van der Waals surface area contributed by atoms with Crippen LogP contribution in [0.3, 0.4) is 0 Å². The minimum atomic E-state index is -1.12. The number of hydrogen-bond donors (Lipinski definition) is 2. The van der Waals surface area contributed by atoms with Gasteiger partial charge in [0.2, 0.25) is 5.91 Å². The summed E-state index contributed by atoms with van der Waals surface area (Å²) in [5.74, 6) is -0.965. The van der Waals surface area contributed by atoms with Gasteiger partial charge in [-0.1, -0.05) is 73.5 Å². The van der Waals surface area contributed by atoms with Gasteiger partial charge >= 0.3 is 6.09 Å². The van der Waals surface area contributed by atoms with Crippen LogP contribution in [0.15, 0.2) is 60.7 Å². The Hall–Kier alpha value is -4.38. The minimum Gasteiger partial charge on any atom is -0.444 e. The second-order valence-corrected chi connectivity index (χ2v) is 11.8. The number of amides is 3. The number of alkyl carbamates (subject to hydrolysis) is 1. The molecule has 0 aliphatic carbocycles. The summed E-state index contributed by atoms with van der Waals surface area (Å²) < 4.78 is 5.41. The fourth-order valence-electron chi connectivity index (χ4n) is 4.83. The van der Waals surface area contributed by atoms with E-state index in [2.05, 4.69) is 16.7 Å². The van der Waals surface area contributed by atoms with Crippen LogP contribution >= 0.6 is 0 Å². The number of fused-ring (bicyclic) bond motifs is 1. The largest absolute Gasteiger partial charge is 0.444 e. The van der Waals surface area contributed by atoms with Crippen LogP contribution in [0.4, 0.5) is 10.5 Å². The van der Waals surface area contributed by atoms with Crippen molar-refractivity contribution >= 4 is 34.4 Å². The van der Waals surface area contributed by atoms with Crippen LogP contribution in [0.2, 0.25) is 0 Å². The van der Waals surface area contributed by atoms with Gasteiger partial charge in [-0.15, -0.1) is 0 Å². The highest BCUT2D eigenvalue weighted by atomic mass is 16.6. The molecule has 0 heterocycles. The fraction of sp³-hybridized carbons (Fsp3) is 0.394. The molecule has 3 aromatic carbocycles. The molecule has 8 nitrogen and oxygen atoms in total. The molecule has 0 fully saturated rings. The maximum absolute atomic E-state index is 14.1. The monoisotopic (exact) mass is 556 g/mol. The zero-order chi connectivity index (χ0) is 30.3. The molecule has 0 saturated heterocycles. The lowest BCUT2D eigenvalue weighted by molar-refractivity contribution is -0.140. The van der Waals surface area contributed by atoms with Gasteiger partial charge in [-0.3, -0.25) is 9.59 Å². The highest BCUT2D eigenvalue weighted by Gasteiger charge is 2.37. The number of benzene rings is 3. The summed E-state index contributed by atoms with van der Waals surface area (Å²) in [6, 6.07) is 19.0. The highest BCUT2D eigenvalue weighted by Crippen LogP contribution is 2.28. The minimum absolute atomic E-state index is 0.0360. The molecule has 0 radical (unpaired) electrons. The van der Waals surface area contributed by atoms with Crippen molar-refractivity contribution in [3.63, 3.8) is 0 Å². The molecule has 41 heavy (non-hydrogen) atoms. The first kappa shape index (κ1) is 31.2. The number of carbonyl (C=O) groups excluding carboxylic acids is 3. The zero-order valence-corrected chi connectivity index (χ0v) is 24.9. The van der Waals surface area contributed by atoms with Crippen molar-refractivity contribution in [2.24, 2.45) is 5.92 Å². The van der Waals surface area contributed by atoms with E-state index in [1.54, 1.807) is 26.8 Å². The molecule has 3 amide bonds. The van der Waals surface area contributed by atoms with Crippen molar-refractivity contribution in [3.8, 4) is 6.07 Å². The van der Waals surface area contributed by atoms with Gasteiger partial charge < -0.3 is 20.3 Å². The third kappa shape index (κ3) is 8.81. The van der Waals surface area contributed by atoms with Crippen molar-refractivity contribution in [1.82, 2.24) is 10.2 Å². The molecule has 8 heteroatoms. The summed E-state index contributed by atoms with van der Waals surface area (Å²) in [6.45, 7) is 12.5. The number of hydrogen-bond acceptors (Lipinski definition) is 5. The number of carbonyl (C=O) groups is 3. The predicted molar refractivity (Wildman–Crippen MR) is 161 cm³/mol. The third-order valence-electron chi connectivity index (χ3n) is 6.36. The molecule has 2 unspecified atom stereocenters. The molecule has 3 aromatic rings. The van der Waals surface area contributed by atoms with Crippen molar-refractivity contribution < 1.29 is 19.1 Å². The second-order valence-electron chi connectivity index (χ2n) is 11.8. The van der Waals surface area contributed by atoms with Crippen LogP contribution < -0.4 is 10.6 Å². The number of aryl methyl sites for hydroxylation is 2. The maximum Gasteiger partial charge on any atom is 0.408 e. The summed E-state index contributed by atoms with van der Waals surface area (Å²) in [4.78, 5) is 42.1. The molecule has 0 aliphatic rings. The lowest BCUT2D eigenvalue weighted by atomic mass is 9.97. The summed E-state index contributed by atoms with van der Waals surface area (Å²) in [5, 5.41) is 17.4. The summed E-state index contributed by atoms with van der Waals surface area (Å²) in [5.41, 5.74) is 2.21. The van der Waals surface area contributed by atoms with E-state index in [1.807, 2.05) is 82.3 Å². The molecule has 0 bridgehead atoms. The van der Waals surface area contributed by atoms with Crippen molar-refractivity contribution in [2.75, 3.05) is 11.9 Å². The van der Waals surface area contributed by atoms with E-state index >= 15 is 0 Å². The normalized spacial score (nSPS) is 12.8. The molecule has 0 saturated carbocycles. The van der Waals surface area contributed by atoms with E-state index in [1.165, 1.54) is 4.90 Å². The van der Waals surface area contributed by atoms with Crippen LogP contribution in [-0.2, 0) is 14.3 Å². The van der Waals surface area contributed by atoms with Gasteiger partial charge in [0.1, 0.15) is 24.2 Å². The SMILES string of the molecule is Cc1cc(C)cc(C(C(=O)Nc2ccc3ccccc3c2)N(CC#N)C(=O)C(CC(C)C)NC(=O)OC(C)(C)C)c1. The van der Waals surface area contributed by atoms with Crippen LogP contribution in [0, 0.1) is 31.1 Å². The first-order chi connectivity index (χ1) is 19.3. The Morgan fingerprint density at radius 1 is 0.951 bits per heavy atom. The molecular formula is C33H40N4O4. The van der Waals surface area contributed by atoms with Crippen LogP contribution in [0.25, 0.3) is 10.8 Å². The van der Waals surface area contributed by atoms with Gasteiger partial charge in [-0.2, -0.15) is 5.26 Å². The predicted octanol–water partition coefficient (Wildman–Crippen LogP) is 6.43. The quantitative estimate of drug-likeness (QED) is 0.295. The van der Waals surface area contributed by atoms with Gasteiger partial charge in [0.05, 0.1) is 6.07 Å². The second kappa shape index (κ2) is 13.3. The van der Waals surface area contributed by atoms with Crippen LogP contribution in [-0.4, -0.2) is 41.0 Å². The lowest BCUT2D eigenvalue weighted by Gasteiger charge is -2.33. The van der Waals surface area contributed by atoms with Gasteiger partial charge in [0.15, 0.2) is 0 Å². The number of nitrogens with one attached hydrogen (secondary N) is 2. The van der Waals surface area contributed by atoms with Gasteiger partial charge in [0, 0.05) is 5.69 Å². The first-order valence-electron chi connectivity index (χ1n) is 13.8. The van der Waals surface area contributed by atoms with E-state index in [4.69, 9.17) is 4.74 Å². The van der Waals surface area contributed by atoms with Crippen molar-refractivity contribution in [2.45, 2.75) is 72.6 Å². The van der Waals surface area contributed by atoms with Crippen LogP contribution in [0.1, 0.15) is 63.8 Å². The first-order valence-corrected chi connectivity index (χ1v) is 13.8. The lowest BCUT2D eigenvalue weighted by Crippen LogP contribution is -2.53. The van der Waals surface area contributed by atoms with E-state index < -0.39 is 35.6 Å². The molecule has 2 N–H and O–H groups in total. The Labute approximate surface area is 242 Å². The Kier molecular flexibility index (Phi) is 10.1. The van der Waals surface area contributed by atoms with Gasteiger partial charge in [-0.05, 0) is 75.4 Å². The number of nitrogens with zero attached hydrogens (tertiary/aromatic N) is 2. The smallest absolute Gasteiger partial charge is 0.408 e. The van der Waals surface area contributed by atoms with Gasteiger partial charge in [0.25, 0.3) is 5.91 Å². The average Bonchev–Trinajstić information content (AvgIpc) is 2.85. The highest BCUT2D eigenvalue weighted by molar-refractivity contribution is 6.00. The van der Waals surface area contributed by atoms with Crippen molar-refractivity contribution in [3.05, 3.63) is 77.4 Å². The number of anilines is 1. The van der Waals surface area contributed by atoms with Crippen LogP contribution in [0.5, 0.6) is 0 Å². The summed E-state index contributed by atoms with van der Waals surface area (Å²) in [7, 11) is 0. The zero-order valence-electron chi connectivity index (χ0n) is 24.9. The number of nitriles is 1. The molecule has 216 valence electrons. The molecule has 3 rings (SSSR count). The Morgan fingerprint density at radius 3 is 2.17 bits per heavy atom. The molecule has 2 atom stereocenters. The van der Waals surface area contributed by atoms with E-state index in [9.17, 15) is 19.6 Å². The van der Waals surface area contributed by atoms with Crippen molar-refractivity contribution in [1.29, 1.82) is 5.26 Å².